The molecule has 118 valence electrons. The van der Waals surface area contributed by atoms with Crippen LogP contribution in [0.5, 0.6) is 0 Å². The molecule has 0 fully saturated rings. The lowest BCUT2D eigenvalue weighted by Gasteiger charge is -2.16. The maximum absolute atomic E-state index is 13.3. The van der Waals surface area contributed by atoms with Gasteiger partial charge < -0.3 is 0 Å². The van der Waals surface area contributed by atoms with Crippen molar-refractivity contribution in [3.8, 4) is 0 Å². The Balaban J connectivity index is 2.98. The van der Waals surface area contributed by atoms with Gasteiger partial charge in [-0.05, 0) is 13.0 Å². The molecule has 0 amide bonds. The minimum absolute atomic E-state index is 0.376. The summed E-state index contributed by atoms with van der Waals surface area (Å²) in [6.07, 6.45) is -5.97. The first kappa shape index (κ1) is 17.3. The molecule has 6 nitrogen and oxygen atoms in total. The SMILES string of the molecule is CC(CC(F)(F)F)NS(=O)(=O)c1ccc([N+](=O)[O-])c(F)c1. The van der Waals surface area contributed by atoms with Crippen LogP contribution in [0.1, 0.15) is 13.3 Å². The fourth-order valence-electron chi connectivity index (χ4n) is 1.52. The Kier molecular flexibility index (Phi) is 4.89. The van der Waals surface area contributed by atoms with Crippen LogP contribution in [0.15, 0.2) is 23.1 Å². The molecule has 0 bridgehead atoms. The highest BCUT2D eigenvalue weighted by molar-refractivity contribution is 7.89. The van der Waals surface area contributed by atoms with Crippen LogP contribution < -0.4 is 4.72 Å². The number of rotatable bonds is 5. The molecule has 1 aromatic rings. The second-order valence-corrected chi connectivity index (χ2v) is 5.93. The quantitative estimate of drug-likeness (QED) is 0.510. The monoisotopic (exact) mass is 330 g/mol. The number of hydrogen-bond acceptors (Lipinski definition) is 4. The van der Waals surface area contributed by atoms with Crippen LogP contribution in [0.25, 0.3) is 0 Å². The Morgan fingerprint density at radius 3 is 2.38 bits per heavy atom. The van der Waals surface area contributed by atoms with Crippen molar-refractivity contribution in [3.63, 3.8) is 0 Å². The largest absolute Gasteiger partial charge is 0.390 e. The molecule has 1 atom stereocenters. The summed E-state index contributed by atoms with van der Waals surface area (Å²) in [6, 6.07) is 0.274. The summed E-state index contributed by atoms with van der Waals surface area (Å²) in [4.78, 5) is 8.65. The normalized spacial score (nSPS) is 14.0. The minimum Gasteiger partial charge on any atom is -0.258 e. The number of sulfonamides is 1. The summed E-state index contributed by atoms with van der Waals surface area (Å²) in [5, 5.41) is 10.4. The zero-order valence-corrected chi connectivity index (χ0v) is 11.3. The number of nitro groups is 1. The molecule has 0 spiro atoms. The van der Waals surface area contributed by atoms with Gasteiger partial charge in [0, 0.05) is 18.2 Å². The number of nitro benzene ring substituents is 1. The van der Waals surface area contributed by atoms with Crippen molar-refractivity contribution < 1.29 is 30.9 Å². The number of alkyl halides is 3. The van der Waals surface area contributed by atoms with E-state index in [4.69, 9.17) is 0 Å². The highest BCUT2D eigenvalue weighted by Gasteiger charge is 2.32. The van der Waals surface area contributed by atoms with Gasteiger partial charge in [-0.3, -0.25) is 10.1 Å². The van der Waals surface area contributed by atoms with E-state index in [1.807, 2.05) is 0 Å². The van der Waals surface area contributed by atoms with Crippen molar-refractivity contribution in [2.24, 2.45) is 0 Å². The number of hydrogen-bond donors (Lipinski definition) is 1. The van der Waals surface area contributed by atoms with Crippen LogP contribution in [0, 0.1) is 15.9 Å². The molecule has 0 aromatic heterocycles. The Hall–Kier alpha value is -1.75. The lowest BCUT2D eigenvalue weighted by Crippen LogP contribution is -2.35. The predicted molar refractivity (Wildman–Crippen MR) is 63.5 cm³/mol. The Morgan fingerprint density at radius 2 is 1.95 bits per heavy atom. The maximum Gasteiger partial charge on any atom is 0.390 e. The molecule has 1 rings (SSSR count). The summed E-state index contributed by atoms with van der Waals surface area (Å²) >= 11 is 0. The molecule has 0 saturated heterocycles. The molecule has 11 heteroatoms. The molecule has 0 heterocycles. The Labute approximate surface area is 117 Å². The van der Waals surface area contributed by atoms with Crippen LogP contribution in [-0.4, -0.2) is 25.6 Å². The fraction of sp³-hybridized carbons (Fsp3) is 0.400. The van der Waals surface area contributed by atoms with E-state index >= 15 is 0 Å². The van der Waals surface area contributed by atoms with Crippen LogP contribution >= 0.6 is 0 Å². The Bertz CT molecular complexity index is 645. The molecule has 21 heavy (non-hydrogen) atoms. The second kappa shape index (κ2) is 5.93. The van der Waals surface area contributed by atoms with E-state index in [2.05, 4.69) is 0 Å². The third kappa shape index (κ3) is 4.93. The predicted octanol–water partition coefficient (Wildman–Crippen LogP) is 2.35. The fourth-order valence-corrected chi connectivity index (χ4v) is 2.78. The summed E-state index contributed by atoms with van der Waals surface area (Å²) in [6.45, 7) is 0.993. The zero-order valence-electron chi connectivity index (χ0n) is 10.5. The zero-order chi connectivity index (χ0) is 16.4. The highest BCUT2D eigenvalue weighted by atomic mass is 32.2. The topological polar surface area (TPSA) is 89.3 Å². The molecule has 0 aliphatic carbocycles. The first-order chi connectivity index (χ1) is 9.42. The van der Waals surface area contributed by atoms with Crippen LogP contribution in [0.4, 0.5) is 23.2 Å². The first-order valence-electron chi connectivity index (χ1n) is 5.45. The average molecular weight is 330 g/mol. The number of benzene rings is 1. The van der Waals surface area contributed by atoms with Crippen LogP contribution in [0.3, 0.4) is 0 Å². The van der Waals surface area contributed by atoms with E-state index in [1.54, 1.807) is 4.72 Å². The standard InChI is InChI=1S/C10H10F4N2O4S/c1-6(5-10(12,13)14)15-21(19,20)7-2-3-9(16(17)18)8(11)4-7/h2-4,6,15H,5H2,1H3. The van der Waals surface area contributed by atoms with Gasteiger partial charge in [-0.1, -0.05) is 0 Å². The summed E-state index contributed by atoms with van der Waals surface area (Å²) in [5.41, 5.74) is -0.933. The van der Waals surface area contributed by atoms with E-state index in [1.165, 1.54) is 0 Å². The lowest BCUT2D eigenvalue weighted by atomic mass is 10.2. The van der Waals surface area contributed by atoms with Gasteiger partial charge in [0.2, 0.25) is 15.8 Å². The van der Waals surface area contributed by atoms with Crippen molar-refractivity contribution in [2.45, 2.75) is 30.5 Å². The van der Waals surface area contributed by atoms with Gasteiger partial charge in [0.1, 0.15) is 0 Å². The van der Waals surface area contributed by atoms with Gasteiger partial charge >= 0.3 is 11.9 Å². The maximum atomic E-state index is 13.3. The molecule has 0 radical (unpaired) electrons. The summed E-state index contributed by atoms with van der Waals surface area (Å²) in [7, 11) is -4.41. The van der Waals surface area contributed by atoms with E-state index < -0.39 is 50.0 Å². The third-order valence-electron chi connectivity index (χ3n) is 2.32. The average Bonchev–Trinajstić information content (AvgIpc) is 2.24. The van der Waals surface area contributed by atoms with Crippen molar-refractivity contribution in [1.82, 2.24) is 4.72 Å². The lowest BCUT2D eigenvalue weighted by molar-refractivity contribution is -0.387. The number of nitrogens with one attached hydrogen (secondary N) is 1. The van der Waals surface area contributed by atoms with E-state index in [-0.39, 0.29) is 0 Å². The summed E-state index contributed by atoms with van der Waals surface area (Å²) < 4.78 is 74.9. The van der Waals surface area contributed by atoms with Gasteiger partial charge in [-0.2, -0.15) is 17.6 Å². The Morgan fingerprint density at radius 1 is 1.38 bits per heavy atom. The minimum atomic E-state index is -4.57. The van der Waals surface area contributed by atoms with Crippen molar-refractivity contribution in [3.05, 3.63) is 34.1 Å². The third-order valence-corrected chi connectivity index (χ3v) is 3.91. The van der Waals surface area contributed by atoms with Crippen molar-refractivity contribution >= 4 is 15.7 Å². The molecular formula is C10H10F4N2O4S. The smallest absolute Gasteiger partial charge is 0.258 e. The van der Waals surface area contributed by atoms with Crippen molar-refractivity contribution in [1.29, 1.82) is 0 Å². The van der Waals surface area contributed by atoms with Crippen molar-refractivity contribution in [2.75, 3.05) is 0 Å². The molecule has 1 unspecified atom stereocenters. The van der Waals surface area contributed by atoms with Gasteiger partial charge in [-0.15, -0.1) is 0 Å². The molecule has 0 aliphatic rings. The van der Waals surface area contributed by atoms with Crippen LogP contribution in [0.2, 0.25) is 0 Å². The van der Waals surface area contributed by atoms with Gasteiger partial charge in [0.15, 0.2) is 0 Å². The number of nitrogens with zero attached hydrogens (tertiary/aromatic N) is 1. The molecule has 0 saturated carbocycles. The van der Waals surface area contributed by atoms with E-state index in [9.17, 15) is 36.1 Å². The number of halogens is 4. The summed E-state index contributed by atoms with van der Waals surface area (Å²) in [5.74, 6) is -1.40. The van der Waals surface area contributed by atoms with Gasteiger partial charge in [0.25, 0.3) is 0 Å². The van der Waals surface area contributed by atoms with Crippen LogP contribution in [-0.2, 0) is 10.0 Å². The molecule has 1 N–H and O–H groups in total. The van der Waals surface area contributed by atoms with E-state index in [0.29, 0.717) is 12.1 Å². The second-order valence-electron chi connectivity index (χ2n) is 4.21. The van der Waals surface area contributed by atoms with E-state index in [0.717, 1.165) is 13.0 Å². The van der Waals surface area contributed by atoms with Gasteiger partial charge in [0.05, 0.1) is 16.2 Å². The first-order valence-corrected chi connectivity index (χ1v) is 6.94. The molecular weight excluding hydrogens is 320 g/mol. The van der Waals surface area contributed by atoms with Gasteiger partial charge in [-0.25, -0.2) is 13.1 Å². The highest BCUT2D eigenvalue weighted by Crippen LogP contribution is 2.24. The molecule has 0 aliphatic heterocycles. The molecule has 1 aromatic carbocycles.